The number of rotatable bonds is 29. The van der Waals surface area contributed by atoms with Crippen molar-refractivity contribution in [2.45, 2.75) is 197 Å². The summed E-state index contributed by atoms with van der Waals surface area (Å²) in [6.45, 7) is 2.57. The first-order valence-corrected chi connectivity index (χ1v) is 20.7. The predicted octanol–water partition coefficient (Wildman–Crippen LogP) is 2.81. The molecule has 2 aliphatic heterocycles. The first kappa shape index (κ1) is 49.4. The highest BCUT2D eigenvalue weighted by Crippen LogP contribution is 2.29. The summed E-state index contributed by atoms with van der Waals surface area (Å²) in [6, 6.07) is -0.929. The summed E-state index contributed by atoms with van der Waals surface area (Å²) >= 11 is 0. The minimum atomic E-state index is -1.79. The highest BCUT2D eigenvalue weighted by atomic mass is 16.7. The van der Waals surface area contributed by atoms with Crippen molar-refractivity contribution in [3.8, 4) is 0 Å². The molecule has 0 aromatic carbocycles. The fourth-order valence-corrected chi connectivity index (χ4v) is 6.55. The van der Waals surface area contributed by atoms with Gasteiger partial charge in [0, 0.05) is 6.42 Å². The van der Waals surface area contributed by atoms with Crippen LogP contribution in [-0.4, -0.2) is 140 Å². The molecule has 2 aliphatic rings. The number of carbonyl (C=O) groups excluding carboxylic acids is 1. The Balaban J connectivity index is 1.89. The van der Waals surface area contributed by atoms with Crippen molar-refractivity contribution in [2.75, 3.05) is 19.8 Å². The van der Waals surface area contributed by atoms with Gasteiger partial charge in [0.15, 0.2) is 12.6 Å². The molecule has 0 bridgehead atoms. The zero-order chi connectivity index (χ0) is 40.4. The molecule has 12 unspecified atom stereocenters. The van der Waals surface area contributed by atoms with Crippen molar-refractivity contribution in [3.05, 3.63) is 36.5 Å². The van der Waals surface area contributed by atoms with Crippen LogP contribution in [-0.2, 0) is 23.7 Å². The third kappa shape index (κ3) is 18.6. The van der Waals surface area contributed by atoms with E-state index < -0.39 is 86.8 Å². The van der Waals surface area contributed by atoms with Crippen LogP contribution in [0.3, 0.4) is 0 Å². The summed E-state index contributed by atoms with van der Waals surface area (Å²) in [5.41, 5.74) is 0. The van der Waals surface area contributed by atoms with E-state index in [1.165, 1.54) is 44.9 Å². The van der Waals surface area contributed by atoms with Crippen LogP contribution < -0.4 is 5.32 Å². The van der Waals surface area contributed by atoms with E-state index in [1.807, 2.05) is 6.08 Å². The second-order valence-electron chi connectivity index (χ2n) is 14.7. The van der Waals surface area contributed by atoms with Gasteiger partial charge >= 0.3 is 0 Å². The van der Waals surface area contributed by atoms with Crippen LogP contribution in [0, 0.1) is 0 Å². The second-order valence-corrected chi connectivity index (χ2v) is 14.7. The number of hydrogen-bond acceptors (Lipinski definition) is 13. The van der Waals surface area contributed by atoms with Crippen molar-refractivity contribution >= 4 is 5.91 Å². The molecule has 2 fully saturated rings. The van der Waals surface area contributed by atoms with Gasteiger partial charge < -0.3 is 65.1 Å². The number of hydrogen-bond donors (Lipinski definition) is 9. The lowest BCUT2D eigenvalue weighted by molar-refractivity contribution is -0.359. The molecule has 0 spiro atoms. The molecular formula is C41H73NO13. The normalized spacial score (nSPS) is 30.1. The molecule has 0 aliphatic carbocycles. The largest absolute Gasteiger partial charge is 0.394 e. The zero-order valence-corrected chi connectivity index (χ0v) is 33.2. The number of aliphatic hydroxyl groups is 8. The Morgan fingerprint density at radius 2 is 1.16 bits per heavy atom. The summed E-state index contributed by atoms with van der Waals surface area (Å²) in [7, 11) is 0. The monoisotopic (exact) mass is 788 g/mol. The van der Waals surface area contributed by atoms with Gasteiger partial charge in [-0.2, -0.15) is 0 Å². The van der Waals surface area contributed by atoms with Crippen LogP contribution in [0.5, 0.6) is 0 Å². The molecule has 320 valence electrons. The summed E-state index contributed by atoms with van der Waals surface area (Å²) < 4.78 is 22.4. The minimum Gasteiger partial charge on any atom is -0.394 e. The molecule has 14 heteroatoms. The van der Waals surface area contributed by atoms with Gasteiger partial charge in [0.25, 0.3) is 0 Å². The Morgan fingerprint density at radius 1 is 0.636 bits per heavy atom. The van der Waals surface area contributed by atoms with Gasteiger partial charge in [-0.1, -0.05) is 108 Å². The molecule has 1 amide bonds. The number of carbonyl (C=O) groups is 1. The molecule has 0 aromatic heterocycles. The smallest absolute Gasteiger partial charge is 0.220 e. The van der Waals surface area contributed by atoms with Gasteiger partial charge in [-0.3, -0.25) is 4.79 Å². The van der Waals surface area contributed by atoms with Crippen molar-refractivity contribution in [3.63, 3.8) is 0 Å². The van der Waals surface area contributed by atoms with E-state index in [-0.39, 0.29) is 18.9 Å². The third-order valence-electron chi connectivity index (χ3n) is 10.1. The highest BCUT2D eigenvalue weighted by molar-refractivity contribution is 5.76. The van der Waals surface area contributed by atoms with E-state index in [1.54, 1.807) is 6.08 Å². The molecule has 12 atom stereocenters. The van der Waals surface area contributed by atoms with Gasteiger partial charge in [-0.05, 0) is 44.9 Å². The summed E-state index contributed by atoms with van der Waals surface area (Å²) in [5.74, 6) is -0.275. The molecule has 55 heavy (non-hydrogen) atoms. The summed E-state index contributed by atoms with van der Waals surface area (Å²) in [6.07, 6.45) is 12.8. The average molecular weight is 788 g/mol. The third-order valence-corrected chi connectivity index (χ3v) is 10.1. The number of aliphatic hydroxyl groups excluding tert-OH is 8. The van der Waals surface area contributed by atoms with Crippen LogP contribution in [0.2, 0.25) is 0 Å². The Bertz CT molecular complexity index is 1070. The fourth-order valence-electron chi connectivity index (χ4n) is 6.55. The topological polar surface area (TPSA) is 228 Å². The van der Waals surface area contributed by atoms with Crippen LogP contribution >= 0.6 is 0 Å². The Morgan fingerprint density at radius 3 is 1.78 bits per heavy atom. The lowest BCUT2D eigenvalue weighted by Crippen LogP contribution is -2.65. The van der Waals surface area contributed by atoms with Gasteiger partial charge in [0.1, 0.15) is 48.8 Å². The van der Waals surface area contributed by atoms with E-state index in [0.29, 0.717) is 12.8 Å². The van der Waals surface area contributed by atoms with Crippen molar-refractivity contribution in [2.24, 2.45) is 0 Å². The van der Waals surface area contributed by atoms with Gasteiger partial charge in [0.05, 0.1) is 32.0 Å². The first-order chi connectivity index (χ1) is 26.6. The maximum Gasteiger partial charge on any atom is 0.220 e. The maximum absolute atomic E-state index is 12.8. The standard InChI is InChI=1S/C41H73NO13/c1-3-5-7-9-10-11-12-13-14-15-16-17-18-19-20-21-22-24-30(45)29(42-33(46)25-23-8-6-4-2)28-52-40-38(51)36(49)39(32(27-44)54-40)55-41-37(50)35(48)34(47)31(26-43)53-41/h14-15,18-19,22,24,29-32,34-41,43-45,47-51H,3-13,16-17,20-21,23,25-28H2,1-2H3,(H,42,46)/b15-14+,19-18+,24-22+. The van der Waals surface area contributed by atoms with Crippen molar-refractivity contribution < 1.29 is 64.6 Å². The van der Waals surface area contributed by atoms with Gasteiger partial charge in [0.2, 0.25) is 5.91 Å². The number of nitrogens with one attached hydrogen (secondary N) is 1. The molecule has 0 radical (unpaired) electrons. The fraction of sp³-hybridized carbons (Fsp3) is 0.829. The zero-order valence-electron chi connectivity index (χ0n) is 33.2. The van der Waals surface area contributed by atoms with Crippen molar-refractivity contribution in [1.82, 2.24) is 5.32 Å². The number of allylic oxidation sites excluding steroid dienone is 5. The molecular weight excluding hydrogens is 714 g/mol. The Labute approximate surface area is 328 Å². The predicted molar refractivity (Wildman–Crippen MR) is 208 cm³/mol. The van der Waals surface area contributed by atoms with Crippen LogP contribution in [0.4, 0.5) is 0 Å². The van der Waals surface area contributed by atoms with E-state index in [4.69, 9.17) is 18.9 Å². The van der Waals surface area contributed by atoms with E-state index in [0.717, 1.165) is 44.9 Å². The molecule has 0 saturated carbocycles. The highest BCUT2D eigenvalue weighted by Gasteiger charge is 2.50. The SMILES string of the molecule is CCCCCCCCC/C=C/CC/C=C/CC/C=C/C(O)C(COC1OC(CO)C(OC2OC(CO)C(O)C(O)C2O)C(O)C1O)NC(=O)CCCCCC. The van der Waals surface area contributed by atoms with E-state index in [2.05, 4.69) is 43.5 Å². The lowest BCUT2D eigenvalue weighted by atomic mass is 9.97. The van der Waals surface area contributed by atoms with E-state index in [9.17, 15) is 45.6 Å². The van der Waals surface area contributed by atoms with Gasteiger partial charge in [-0.25, -0.2) is 0 Å². The van der Waals surface area contributed by atoms with Crippen molar-refractivity contribution in [1.29, 1.82) is 0 Å². The quantitative estimate of drug-likeness (QED) is 0.0393. The maximum atomic E-state index is 12.8. The minimum absolute atomic E-state index is 0.261. The number of amides is 1. The Kier molecular flexibility index (Phi) is 26.4. The lowest BCUT2D eigenvalue weighted by Gasteiger charge is -2.46. The number of ether oxygens (including phenoxy) is 4. The first-order valence-electron chi connectivity index (χ1n) is 20.7. The molecule has 0 aromatic rings. The molecule has 2 saturated heterocycles. The van der Waals surface area contributed by atoms with Crippen LogP contribution in [0.25, 0.3) is 0 Å². The van der Waals surface area contributed by atoms with Gasteiger partial charge in [-0.15, -0.1) is 0 Å². The second kappa shape index (κ2) is 29.4. The number of unbranched alkanes of at least 4 members (excludes halogenated alkanes) is 12. The summed E-state index contributed by atoms with van der Waals surface area (Å²) in [4.78, 5) is 12.8. The van der Waals surface area contributed by atoms with Crippen LogP contribution in [0.1, 0.15) is 123 Å². The average Bonchev–Trinajstić information content (AvgIpc) is 3.18. The van der Waals surface area contributed by atoms with Crippen LogP contribution in [0.15, 0.2) is 36.5 Å². The van der Waals surface area contributed by atoms with E-state index >= 15 is 0 Å². The molecule has 14 nitrogen and oxygen atoms in total. The molecule has 2 heterocycles. The Hall–Kier alpha value is -1.79. The molecule has 2 rings (SSSR count). The molecule has 9 N–H and O–H groups in total. The summed E-state index contributed by atoms with van der Waals surface area (Å²) in [5, 5.41) is 85.8.